The highest BCUT2D eigenvalue weighted by Gasteiger charge is 2.25. The summed E-state index contributed by atoms with van der Waals surface area (Å²) in [6, 6.07) is 0. The maximum absolute atomic E-state index is 10.0. The lowest BCUT2D eigenvalue weighted by Crippen LogP contribution is -2.42. The Bertz CT molecular complexity index is 116. The first-order chi connectivity index (χ1) is 4.77. The molecule has 1 amide bonds. The van der Waals surface area contributed by atoms with E-state index in [0.717, 1.165) is 12.8 Å². The second-order valence-electron chi connectivity index (χ2n) is 3.35. The van der Waals surface area contributed by atoms with Crippen LogP contribution in [-0.2, 0) is 4.79 Å². The van der Waals surface area contributed by atoms with Crippen LogP contribution < -0.4 is 5.32 Å². The van der Waals surface area contributed by atoms with E-state index < -0.39 is 0 Å². The fourth-order valence-electron chi connectivity index (χ4n) is 1.58. The third kappa shape index (κ3) is 1.72. The Labute approximate surface area is 62.0 Å². The van der Waals surface area contributed by atoms with Crippen LogP contribution in [0.2, 0.25) is 0 Å². The molecule has 0 aromatic carbocycles. The molecular formula is C8H14NO. The van der Waals surface area contributed by atoms with Crippen molar-refractivity contribution in [2.75, 3.05) is 0 Å². The average molecular weight is 140 g/mol. The summed E-state index contributed by atoms with van der Waals surface area (Å²) in [5.74, 6) is 0. The number of hydrogen-bond acceptors (Lipinski definition) is 1. The smallest absolute Gasteiger partial charge is 0.309 e. The van der Waals surface area contributed by atoms with E-state index in [4.69, 9.17) is 0 Å². The SMILES string of the molecule is CC1(N[C]=O)CCCCC1. The van der Waals surface area contributed by atoms with Crippen molar-refractivity contribution in [3.63, 3.8) is 0 Å². The highest BCUT2D eigenvalue weighted by Crippen LogP contribution is 2.26. The van der Waals surface area contributed by atoms with Crippen molar-refractivity contribution >= 4 is 6.41 Å². The Balaban J connectivity index is 2.39. The van der Waals surface area contributed by atoms with E-state index in [9.17, 15) is 4.79 Å². The molecule has 1 fully saturated rings. The number of rotatable bonds is 2. The zero-order chi connectivity index (χ0) is 7.45. The summed E-state index contributed by atoms with van der Waals surface area (Å²) in [4.78, 5) is 10.0. The van der Waals surface area contributed by atoms with E-state index in [0.29, 0.717) is 0 Å². The molecule has 2 heteroatoms. The molecule has 0 saturated heterocycles. The van der Waals surface area contributed by atoms with Crippen LogP contribution in [0.3, 0.4) is 0 Å². The Morgan fingerprint density at radius 1 is 1.30 bits per heavy atom. The molecule has 1 aliphatic rings. The summed E-state index contributed by atoms with van der Waals surface area (Å²) in [5.41, 5.74) is 0.0556. The summed E-state index contributed by atoms with van der Waals surface area (Å²) in [5, 5.41) is 2.76. The first kappa shape index (κ1) is 7.58. The molecule has 0 atom stereocenters. The third-order valence-corrected chi connectivity index (χ3v) is 2.31. The summed E-state index contributed by atoms with van der Waals surface area (Å²) >= 11 is 0. The molecular weight excluding hydrogens is 126 g/mol. The van der Waals surface area contributed by atoms with Gasteiger partial charge in [-0.2, -0.15) is 0 Å². The van der Waals surface area contributed by atoms with Crippen LogP contribution in [-0.4, -0.2) is 11.9 Å². The lowest BCUT2D eigenvalue weighted by Gasteiger charge is -2.32. The van der Waals surface area contributed by atoms with Crippen molar-refractivity contribution in [2.45, 2.75) is 44.6 Å². The van der Waals surface area contributed by atoms with Crippen molar-refractivity contribution in [2.24, 2.45) is 0 Å². The molecule has 0 unspecified atom stereocenters. The molecule has 0 aromatic heterocycles. The van der Waals surface area contributed by atoms with Crippen molar-refractivity contribution in [3.8, 4) is 0 Å². The van der Waals surface area contributed by atoms with Gasteiger partial charge < -0.3 is 5.32 Å². The number of hydrogen-bond donors (Lipinski definition) is 1. The lowest BCUT2D eigenvalue weighted by molar-refractivity contribution is 0.286. The topological polar surface area (TPSA) is 29.1 Å². The minimum atomic E-state index is 0.0556. The zero-order valence-corrected chi connectivity index (χ0v) is 6.44. The number of carbonyl (C=O) groups excluding carboxylic acids is 1. The highest BCUT2D eigenvalue weighted by atomic mass is 16.1. The molecule has 1 aliphatic carbocycles. The van der Waals surface area contributed by atoms with Crippen LogP contribution in [0.1, 0.15) is 39.0 Å². The van der Waals surface area contributed by atoms with Gasteiger partial charge in [0, 0.05) is 5.54 Å². The molecule has 0 heterocycles. The second-order valence-corrected chi connectivity index (χ2v) is 3.35. The van der Waals surface area contributed by atoms with Crippen LogP contribution in [0.5, 0.6) is 0 Å². The van der Waals surface area contributed by atoms with Crippen LogP contribution in [0, 0.1) is 0 Å². The number of nitrogens with one attached hydrogen (secondary N) is 1. The van der Waals surface area contributed by atoms with E-state index in [1.165, 1.54) is 19.3 Å². The van der Waals surface area contributed by atoms with Gasteiger partial charge in [-0.05, 0) is 19.8 Å². The minimum absolute atomic E-state index is 0.0556. The first-order valence-electron chi connectivity index (χ1n) is 3.91. The van der Waals surface area contributed by atoms with Crippen LogP contribution >= 0.6 is 0 Å². The molecule has 1 N–H and O–H groups in total. The van der Waals surface area contributed by atoms with Gasteiger partial charge in [-0.1, -0.05) is 19.3 Å². The molecule has 1 rings (SSSR count). The normalized spacial score (nSPS) is 23.7. The van der Waals surface area contributed by atoms with Gasteiger partial charge >= 0.3 is 6.41 Å². The first-order valence-corrected chi connectivity index (χ1v) is 3.91. The second kappa shape index (κ2) is 3.04. The highest BCUT2D eigenvalue weighted by molar-refractivity contribution is 5.48. The van der Waals surface area contributed by atoms with Gasteiger partial charge in [-0.25, -0.2) is 0 Å². The van der Waals surface area contributed by atoms with Gasteiger partial charge in [0.15, 0.2) is 0 Å². The predicted molar refractivity (Wildman–Crippen MR) is 40.3 cm³/mol. The Kier molecular flexibility index (Phi) is 2.30. The van der Waals surface area contributed by atoms with E-state index in [2.05, 4.69) is 12.2 Å². The minimum Gasteiger partial charge on any atom is -0.343 e. The molecule has 2 nitrogen and oxygen atoms in total. The Morgan fingerprint density at radius 3 is 2.40 bits per heavy atom. The maximum atomic E-state index is 10.0. The van der Waals surface area contributed by atoms with Crippen LogP contribution in [0.15, 0.2) is 0 Å². The summed E-state index contributed by atoms with van der Waals surface area (Å²) in [6.07, 6.45) is 7.80. The quantitative estimate of drug-likeness (QED) is 0.576. The molecule has 0 aliphatic heterocycles. The van der Waals surface area contributed by atoms with Crippen molar-refractivity contribution < 1.29 is 4.79 Å². The molecule has 0 aromatic rings. The maximum Gasteiger partial charge on any atom is 0.309 e. The molecule has 0 bridgehead atoms. The van der Waals surface area contributed by atoms with Gasteiger partial charge in [0.2, 0.25) is 0 Å². The lowest BCUT2D eigenvalue weighted by atomic mass is 9.84. The summed E-state index contributed by atoms with van der Waals surface area (Å²) < 4.78 is 0. The molecule has 57 valence electrons. The van der Waals surface area contributed by atoms with Gasteiger partial charge in [-0.15, -0.1) is 0 Å². The van der Waals surface area contributed by atoms with Crippen molar-refractivity contribution in [1.82, 2.24) is 5.32 Å². The standard InChI is InChI=1S/C8H14NO/c1-8(9-7-10)5-3-2-4-6-8/h2-6H2,1H3,(H,9,10). The largest absolute Gasteiger partial charge is 0.343 e. The van der Waals surface area contributed by atoms with Gasteiger partial charge in [0.25, 0.3) is 0 Å². The van der Waals surface area contributed by atoms with E-state index in [-0.39, 0.29) is 5.54 Å². The van der Waals surface area contributed by atoms with Crippen molar-refractivity contribution in [3.05, 3.63) is 0 Å². The monoisotopic (exact) mass is 140 g/mol. The average Bonchev–Trinajstić information content (AvgIpc) is 1.89. The van der Waals surface area contributed by atoms with Crippen LogP contribution in [0.4, 0.5) is 0 Å². The zero-order valence-electron chi connectivity index (χ0n) is 6.44. The number of amides is 1. The molecule has 0 spiro atoms. The van der Waals surface area contributed by atoms with E-state index in [1.807, 2.05) is 0 Å². The van der Waals surface area contributed by atoms with Crippen LogP contribution in [0.25, 0.3) is 0 Å². The van der Waals surface area contributed by atoms with Crippen molar-refractivity contribution in [1.29, 1.82) is 0 Å². The van der Waals surface area contributed by atoms with Gasteiger partial charge in [-0.3, -0.25) is 4.79 Å². The fourth-order valence-corrected chi connectivity index (χ4v) is 1.58. The summed E-state index contributed by atoms with van der Waals surface area (Å²) in [7, 11) is 0. The van der Waals surface area contributed by atoms with Gasteiger partial charge in [0.1, 0.15) is 0 Å². The molecule has 1 radical (unpaired) electrons. The van der Waals surface area contributed by atoms with E-state index in [1.54, 1.807) is 6.41 Å². The Hall–Kier alpha value is -0.530. The predicted octanol–water partition coefficient (Wildman–Crippen LogP) is 1.37. The summed E-state index contributed by atoms with van der Waals surface area (Å²) in [6.45, 7) is 2.09. The third-order valence-electron chi connectivity index (χ3n) is 2.31. The van der Waals surface area contributed by atoms with Gasteiger partial charge in [0.05, 0.1) is 0 Å². The molecule has 10 heavy (non-hydrogen) atoms. The fraction of sp³-hybridized carbons (Fsp3) is 0.875. The van der Waals surface area contributed by atoms with E-state index >= 15 is 0 Å². The Morgan fingerprint density at radius 2 is 1.90 bits per heavy atom. The molecule has 1 saturated carbocycles.